The number of carbonyl (C=O) groups excluding carboxylic acids is 3. The van der Waals surface area contributed by atoms with Gasteiger partial charge in [0.05, 0.1) is 24.6 Å². The fraction of sp³-hybridized carbons (Fsp3) is 0.320. The van der Waals surface area contributed by atoms with Crippen molar-refractivity contribution in [2.75, 3.05) is 18.6 Å². The number of carbonyl (C=O) groups is 3. The van der Waals surface area contributed by atoms with Gasteiger partial charge in [0.1, 0.15) is 11.5 Å². The molecule has 0 aromatic heterocycles. The van der Waals surface area contributed by atoms with Crippen LogP contribution in [0.25, 0.3) is 0 Å². The molecule has 3 aliphatic rings. The number of hydrogen-bond donors (Lipinski definition) is 0. The van der Waals surface area contributed by atoms with E-state index in [9.17, 15) is 14.4 Å². The van der Waals surface area contributed by atoms with E-state index in [4.69, 9.17) is 9.47 Å². The van der Waals surface area contributed by atoms with Crippen LogP contribution in [0, 0.1) is 23.7 Å². The van der Waals surface area contributed by atoms with Gasteiger partial charge in [-0.05, 0) is 49.4 Å². The number of imide groups is 1. The first-order chi connectivity index (χ1) is 15.0. The van der Waals surface area contributed by atoms with Gasteiger partial charge in [0.2, 0.25) is 11.8 Å². The van der Waals surface area contributed by atoms with Gasteiger partial charge >= 0.3 is 0 Å². The molecule has 1 aliphatic heterocycles. The van der Waals surface area contributed by atoms with Gasteiger partial charge in [0.15, 0.2) is 12.4 Å². The molecule has 2 aromatic rings. The van der Waals surface area contributed by atoms with E-state index in [1.54, 1.807) is 55.6 Å². The number of rotatable bonds is 6. The summed E-state index contributed by atoms with van der Waals surface area (Å²) in [6.45, 7) is 1.89. The van der Waals surface area contributed by atoms with E-state index in [1.807, 2.05) is 0 Å². The van der Waals surface area contributed by atoms with Crippen molar-refractivity contribution >= 4 is 23.3 Å². The Morgan fingerprint density at radius 3 is 2.58 bits per heavy atom. The van der Waals surface area contributed by atoms with Crippen molar-refractivity contribution in [3.63, 3.8) is 0 Å². The number of methoxy groups -OCH3 is 1. The number of anilines is 1. The third-order valence-electron chi connectivity index (χ3n) is 6.72. The van der Waals surface area contributed by atoms with Crippen LogP contribution in [0.5, 0.6) is 11.5 Å². The number of hydrogen-bond acceptors (Lipinski definition) is 5. The van der Waals surface area contributed by atoms with E-state index in [0.29, 0.717) is 22.7 Å². The molecule has 1 heterocycles. The first kappa shape index (κ1) is 19.5. The fourth-order valence-corrected chi connectivity index (χ4v) is 5.27. The van der Waals surface area contributed by atoms with Gasteiger partial charge in [-0.25, -0.2) is 4.90 Å². The number of Topliss-reactive ketones (excluding diaryl/α,β-unsaturated/α-hetero) is 1. The average molecular weight is 417 g/mol. The van der Waals surface area contributed by atoms with E-state index < -0.39 is 0 Å². The fourth-order valence-electron chi connectivity index (χ4n) is 5.27. The van der Waals surface area contributed by atoms with Crippen LogP contribution < -0.4 is 14.4 Å². The second-order valence-electron chi connectivity index (χ2n) is 8.42. The molecule has 2 fully saturated rings. The van der Waals surface area contributed by atoms with Crippen LogP contribution in [0.2, 0.25) is 0 Å². The summed E-state index contributed by atoms with van der Waals surface area (Å²) in [6, 6.07) is 13.7. The third kappa shape index (κ3) is 3.14. The van der Waals surface area contributed by atoms with Crippen molar-refractivity contribution in [3.8, 4) is 11.5 Å². The molecule has 0 radical (unpaired) electrons. The van der Waals surface area contributed by atoms with Crippen molar-refractivity contribution < 1.29 is 23.9 Å². The Morgan fingerprint density at radius 1 is 1.03 bits per heavy atom. The summed E-state index contributed by atoms with van der Waals surface area (Å²) >= 11 is 0. The minimum Gasteiger partial charge on any atom is -0.497 e. The Morgan fingerprint density at radius 2 is 1.77 bits per heavy atom. The number of allylic oxidation sites excluding steroid dienone is 2. The normalized spacial score (nSPS) is 26.1. The maximum atomic E-state index is 13.1. The number of amides is 2. The zero-order valence-electron chi connectivity index (χ0n) is 17.4. The monoisotopic (exact) mass is 417 g/mol. The molecule has 2 aromatic carbocycles. The van der Waals surface area contributed by atoms with Gasteiger partial charge in [-0.1, -0.05) is 29.8 Å². The third-order valence-corrected chi connectivity index (χ3v) is 6.72. The van der Waals surface area contributed by atoms with E-state index in [2.05, 4.69) is 13.0 Å². The van der Waals surface area contributed by atoms with Crippen LogP contribution in [-0.2, 0) is 9.59 Å². The van der Waals surface area contributed by atoms with Gasteiger partial charge in [-0.15, -0.1) is 0 Å². The molecule has 0 N–H and O–H groups in total. The van der Waals surface area contributed by atoms with Gasteiger partial charge in [-0.2, -0.15) is 0 Å². The Bertz CT molecular complexity index is 1120. The van der Waals surface area contributed by atoms with Crippen molar-refractivity contribution in [1.82, 2.24) is 0 Å². The summed E-state index contributed by atoms with van der Waals surface area (Å²) < 4.78 is 10.8. The van der Waals surface area contributed by atoms with Crippen LogP contribution in [0.4, 0.5) is 5.69 Å². The summed E-state index contributed by atoms with van der Waals surface area (Å²) in [7, 11) is 1.55. The molecular weight excluding hydrogens is 394 g/mol. The Balaban J connectivity index is 1.31. The second-order valence-corrected chi connectivity index (χ2v) is 8.42. The molecule has 0 unspecified atom stereocenters. The number of fused-ring (bicyclic) bond motifs is 5. The van der Waals surface area contributed by atoms with Crippen LogP contribution in [0.3, 0.4) is 0 Å². The molecule has 2 bridgehead atoms. The molecular formula is C25H23NO5. The summed E-state index contributed by atoms with van der Waals surface area (Å²) in [5.74, 6) is 0.433. The maximum Gasteiger partial charge on any atom is 0.238 e. The van der Waals surface area contributed by atoms with Gasteiger partial charge in [-0.3, -0.25) is 14.4 Å². The molecule has 2 amide bonds. The molecule has 6 heteroatoms. The van der Waals surface area contributed by atoms with E-state index in [-0.39, 0.29) is 47.9 Å². The highest BCUT2D eigenvalue weighted by molar-refractivity contribution is 6.23. The number of ketones is 1. The number of benzene rings is 2. The summed E-state index contributed by atoms with van der Waals surface area (Å²) in [4.78, 5) is 40.0. The Kier molecular flexibility index (Phi) is 4.65. The molecule has 2 aliphatic carbocycles. The highest BCUT2D eigenvalue weighted by Gasteiger charge is 2.60. The highest BCUT2D eigenvalue weighted by Crippen LogP contribution is 2.55. The number of nitrogens with zero attached hydrogens (tertiary/aromatic N) is 1. The lowest BCUT2D eigenvalue weighted by molar-refractivity contribution is -0.123. The SMILES string of the molecule is COc1cccc(C(=O)COc2cccc(N3C(=O)[C@H]4[C@H](C3=O)[C@H]3C[C@@H]4C=C3C)c2)c1. The first-order valence-corrected chi connectivity index (χ1v) is 10.4. The molecule has 1 saturated heterocycles. The van der Waals surface area contributed by atoms with Gasteiger partial charge < -0.3 is 9.47 Å². The molecule has 158 valence electrons. The second kappa shape index (κ2) is 7.38. The summed E-state index contributed by atoms with van der Waals surface area (Å²) in [5.41, 5.74) is 2.21. The van der Waals surface area contributed by atoms with Crippen LogP contribution >= 0.6 is 0 Å². The smallest absolute Gasteiger partial charge is 0.238 e. The molecule has 4 atom stereocenters. The van der Waals surface area contributed by atoms with Gasteiger partial charge in [0.25, 0.3) is 0 Å². The van der Waals surface area contributed by atoms with Crippen molar-refractivity contribution in [1.29, 1.82) is 0 Å². The standard InChI is InChI=1S/C25H23NO5/c1-14-9-16-11-20(14)23-22(16)24(28)26(25(23)29)17-6-4-8-19(12-17)31-13-21(27)15-5-3-7-18(10-15)30-2/h3-10,12,16,20,22-23H,11,13H2,1-2H3/t16-,20-,22+,23+/m0/s1. The van der Waals surface area contributed by atoms with Crippen LogP contribution in [0.1, 0.15) is 23.7 Å². The van der Waals surface area contributed by atoms with Crippen molar-refractivity contribution in [2.45, 2.75) is 13.3 Å². The Hall–Kier alpha value is -3.41. The molecule has 1 saturated carbocycles. The lowest BCUT2D eigenvalue weighted by Gasteiger charge is -2.19. The topological polar surface area (TPSA) is 72.9 Å². The predicted molar refractivity (Wildman–Crippen MR) is 114 cm³/mol. The van der Waals surface area contributed by atoms with E-state index >= 15 is 0 Å². The van der Waals surface area contributed by atoms with Crippen molar-refractivity contribution in [2.24, 2.45) is 23.7 Å². The average Bonchev–Trinajstić information content (AvgIpc) is 3.42. The Labute approximate surface area is 180 Å². The lowest BCUT2D eigenvalue weighted by atomic mass is 9.82. The molecule has 0 spiro atoms. The highest BCUT2D eigenvalue weighted by atomic mass is 16.5. The minimum absolute atomic E-state index is 0.125. The molecule has 31 heavy (non-hydrogen) atoms. The molecule has 6 nitrogen and oxygen atoms in total. The van der Waals surface area contributed by atoms with Gasteiger partial charge in [0, 0.05) is 11.6 Å². The summed E-state index contributed by atoms with van der Waals surface area (Å²) in [5, 5.41) is 0. The minimum atomic E-state index is -0.250. The largest absolute Gasteiger partial charge is 0.497 e. The van der Waals surface area contributed by atoms with Crippen LogP contribution in [0.15, 0.2) is 60.2 Å². The maximum absolute atomic E-state index is 13.1. The predicted octanol–water partition coefficient (Wildman–Crippen LogP) is 3.66. The van der Waals surface area contributed by atoms with Crippen molar-refractivity contribution in [3.05, 3.63) is 65.7 Å². The lowest BCUT2D eigenvalue weighted by Crippen LogP contribution is -2.32. The zero-order valence-corrected chi connectivity index (χ0v) is 17.4. The van der Waals surface area contributed by atoms with E-state index in [1.165, 1.54) is 10.5 Å². The van der Waals surface area contributed by atoms with E-state index in [0.717, 1.165) is 6.42 Å². The zero-order chi connectivity index (χ0) is 21.7. The first-order valence-electron chi connectivity index (χ1n) is 10.4. The summed E-state index contributed by atoms with van der Waals surface area (Å²) in [6.07, 6.45) is 3.06. The number of ether oxygens (including phenoxy) is 2. The molecule has 5 rings (SSSR count). The quantitative estimate of drug-likeness (QED) is 0.407. The van der Waals surface area contributed by atoms with Crippen LogP contribution in [-0.4, -0.2) is 31.3 Å².